The molecule has 1 fully saturated rings. The van der Waals surface area contributed by atoms with Crippen LogP contribution in [0.2, 0.25) is 0 Å². The molecule has 5 nitrogen and oxygen atoms in total. The van der Waals surface area contributed by atoms with Crippen LogP contribution in [0.1, 0.15) is 6.42 Å². The molecule has 0 aromatic heterocycles. The predicted molar refractivity (Wildman–Crippen MR) is 55.6 cm³/mol. The Balaban J connectivity index is 2.10. The topological polar surface area (TPSA) is 65.1 Å². The van der Waals surface area contributed by atoms with Gasteiger partial charge in [0.25, 0.3) is 0 Å². The Morgan fingerprint density at radius 2 is 2.12 bits per heavy atom. The molecule has 0 bridgehead atoms. The van der Waals surface area contributed by atoms with E-state index < -0.39 is 11.9 Å². The Morgan fingerprint density at radius 1 is 1.44 bits per heavy atom. The lowest BCUT2D eigenvalue weighted by molar-refractivity contribution is -0.141. The number of rotatable bonds is 7. The molecule has 16 heavy (non-hydrogen) atoms. The van der Waals surface area contributed by atoms with Crippen LogP contribution in [0.25, 0.3) is 0 Å². The van der Waals surface area contributed by atoms with Gasteiger partial charge in [0.15, 0.2) is 0 Å². The molecule has 1 heterocycles. The first-order valence-electron chi connectivity index (χ1n) is 4.89. The second-order valence-electron chi connectivity index (χ2n) is 3.28. The Hall–Kier alpha value is -1.62. The van der Waals surface area contributed by atoms with Crippen LogP contribution < -0.4 is 0 Å². The number of hydrogen-bond acceptors (Lipinski definition) is 5. The van der Waals surface area contributed by atoms with Crippen molar-refractivity contribution >= 4 is 11.9 Å². The van der Waals surface area contributed by atoms with Gasteiger partial charge >= 0.3 is 11.9 Å². The standard InChI is InChI=1S/C11H14O5/c1-3-10(12)14-5-4-8(2)11(13)16-7-9-6-15-9/h3,9H,1-2,4-7H2. The van der Waals surface area contributed by atoms with Crippen LogP contribution >= 0.6 is 0 Å². The Bertz CT molecular complexity index is 303. The lowest BCUT2D eigenvalue weighted by Crippen LogP contribution is -2.13. The van der Waals surface area contributed by atoms with Crippen molar-refractivity contribution in [1.29, 1.82) is 0 Å². The monoisotopic (exact) mass is 226 g/mol. The summed E-state index contributed by atoms with van der Waals surface area (Å²) in [6.45, 7) is 7.78. The van der Waals surface area contributed by atoms with Crippen molar-refractivity contribution in [2.45, 2.75) is 12.5 Å². The maximum atomic E-state index is 11.3. The molecule has 0 amide bonds. The summed E-state index contributed by atoms with van der Waals surface area (Å²) in [6, 6.07) is 0. The quantitative estimate of drug-likeness (QED) is 0.361. The van der Waals surface area contributed by atoms with Crippen LogP contribution in [0, 0.1) is 0 Å². The van der Waals surface area contributed by atoms with E-state index in [-0.39, 0.29) is 31.3 Å². The average molecular weight is 226 g/mol. The first-order valence-corrected chi connectivity index (χ1v) is 4.89. The van der Waals surface area contributed by atoms with Crippen LogP contribution in [-0.2, 0) is 23.8 Å². The maximum absolute atomic E-state index is 11.3. The van der Waals surface area contributed by atoms with Crippen molar-refractivity contribution in [2.24, 2.45) is 0 Å². The van der Waals surface area contributed by atoms with Crippen molar-refractivity contribution in [3.8, 4) is 0 Å². The van der Waals surface area contributed by atoms with E-state index in [1.807, 2.05) is 0 Å². The molecular formula is C11H14O5. The molecule has 0 aromatic rings. The van der Waals surface area contributed by atoms with Gasteiger partial charge < -0.3 is 14.2 Å². The maximum Gasteiger partial charge on any atom is 0.333 e. The van der Waals surface area contributed by atoms with E-state index in [0.29, 0.717) is 6.61 Å². The molecule has 0 saturated carbocycles. The van der Waals surface area contributed by atoms with Crippen molar-refractivity contribution in [3.63, 3.8) is 0 Å². The van der Waals surface area contributed by atoms with Crippen LogP contribution in [0.4, 0.5) is 0 Å². The van der Waals surface area contributed by atoms with Gasteiger partial charge in [-0.1, -0.05) is 13.2 Å². The first kappa shape index (κ1) is 12.4. The minimum atomic E-state index is -0.521. The van der Waals surface area contributed by atoms with Crippen molar-refractivity contribution in [2.75, 3.05) is 19.8 Å². The van der Waals surface area contributed by atoms with Gasteiger partial charge in [-0.05, 0) is 0 Å². The highest BCUT2D eigenvalue weighted by molar-refractivity contribution is 5.87. The van der Waals surface area contributed by atoms with Gasteiger partial charge in [-0.15, -0.1) is 0 Å². The highest BCUT2D eigenvalue weighted by Gasteiger charge is 2.24. The Labute approximate surface area is 93.7 Å². The summed E-state index contributed by atoms with van der Waals surface area (Å²) in [6.07, 6.45) is 1.35. The highest BCUT2D eigenvalue weighted by Crippen LogP contribution is 2.10. The number of carbonyl (C=O) groups excluding carboxylic acids is 2. The summed E-state index contributed by atoms with van der Waals surface area (Å²) in [7, 11) is 0. The summed E-state index contributed by atoms with van der Waals surface area (Å²) >= 11 is 0. The largest absolute Gasteiger partial charge is 0.462 e. The van der Waals surface area contributed by atoms with E-state index in [0.717, 1.165) is 6.08 Å². The van der Waals surface area contributed by atoms with Crippen molar-refractivity contribution in [1.82, 2.24) is 0 Å². The molecule has 0 radical (unpaired) electrons. The highest BCUT2D eigenvalue weighted by atomic mass is 16.6. The Kier molecular flexibility index (Phi) is 4.72. The van der Waals surface area contributed by atoms with Crippen LogP contribution in [0.3, 0.4) is 0 Å². The SMILES string of the molecule is C=CC(=O)OCCC(=C)C(=O)OCC1CO1. The fourth-order valence-corrected chi connectivity index (χ4v) is 0.871. The lowest BCUT2D eigenvalue weighted by atomic mass is 10.2. The normalized spacial score (nSPS) is 17.4. The van der Waals surface area contributed by atoms with Gasteiger partial charge in [-0.3, -0.25) is 0 Å². The fraction of sp³-hybridized carbons (Fsp3) is 0.455. The molecule has 88 valence electrons. The van der Waals surface area contributed by atoms with Gasteiger partial charge in [-0.25, -0.2) is 9.59 Å². The third-order valence-corrected chi connectivity index (χ3v) is 1.91. The average Bonchev–Trinajstić information content (AvgIpc) is 3.09. The second-order valence-corrected chi connectivity index (χ2v) is 3.28. The van der Waals surface area contributed by atoms with E-state index in [1.54, 1.807) is 0 Å². The number of ether oxygens (including phenoxy) is 3. The molecule has 1 aliphatic heterocycles. The number of hydrogen-bond donors (Lipinski definition) is 0. The minimum absolute atomic E-state index is 0.0374. The van der Waals surface area contributed by atoms with E-state index in [2.05, 4.69) is 13.2 Å². The third-order valence-electron chi connectivity index (χ3n) is 1.91. The number of carbonyl (C=O) groups is 2. The van der Waals surface area contributed by atoms with E-state index in [4.69, 9.17) is 14.2 Å². The molecule has 1 aliphatic rings. The van der Waals surface area contributed by atoms with Crippen molar-refractivity contribution < 1.29 is 23.8 Å². The molecule has 1 rings (SSSR count). The summed E-state index contributed by atoms with van der Waals surface area (Å²) < 4.78 is 14.5. The van der Waals surface area contributed by atoms with Crippen LogP contribution in [-0.4, -0.2) is 37.9 Å². The summed E-state index contributed by atoms with van der Waals surface area (Å²) in [5.41, 5.74) is 0.275. The number of epoxide rings is 1. The van der Waals surface area contributed by atoms with E-state index >= 15 is 0 Å². The zero-order chi connectivity index (χ0) is 12.0. The Morgan fingerprint density at radius 3 is 2.69 bits per heavy atom. The molecule has 1 saturated heterocycles. The first-order chi connectivity index (χ1) is 7.63. The van der Waals surface area contributed by atoms with Gasteiger partial charge in [-0.2, -0.15) is 0 Å². The summed E-state index contributed by atoms with van der Waals surface area (Å²) in [5, 5.41) is 0. The summed E-state index contributed by atoms with van der Waals surface area (Å²) in [5.74, 6) is -1.00. The second kappa shape index (κ2) is 6.07. The molecule has 0 N–H and O–H groups in total. The molecular weight excluding hydrogens is 212 g/mol. The molecule has 5 heteroatoms. The zero-order valence-corrected chi connectivity index (χ0v) is 8.94. The van der Waals surface area contributed by atoms with Gasteiger partial charge in [0.1, 0.15) is 12.7 Å². The van der Waals surface area contributed by atoms with Crippen LogP contribution in [0.5, 0.6) is 0 Å². The smallest absolute Gasteiger partial charge is 0.333 e. The minimum Gasteiger partial charge on any atom is -0.462 e. The molecule has 1 unspecified atom stereocenters. The third kappa shape index (κ3) is 4.75. The fourth-order valence-electron chi connectivity index (χ4n) is 0.871. The zero-order valence-electron chi connectivity index (χ0n) is 8.94. The number of esters is 2. The van der Waals surface area contributed by atoms with E-state index in [1.165, 1.54) is 0 Å². The van der Waals surface area contributed by atoms with Gasteiger partial charge in [0.2, 0.25) is 0 Å². The van der Waals surface area contributed by atoms with Gasteiger partial charge in [0, 0.05) is 18.1 Å². The molecule has 0 aromatic carbocycles. The summed E-state index contributed by atoms with van der Waals surface area (Å²) in [4.78, 5) is 22.0. The lowest BCUT2D eigenvalue weighted by Gasteiger charge is -2.05. The van der Waals surface area contributed by atoms with Gasteiger partial charge in [0.05, 0.1) is 13.2 Å². The molecule has 0 spiro atoms. The molecule has 0 aliphatic carbocycles. The van der Waals surface area contributed by atoms with E-state index in [9.17, 15) is 9.59 Å². The van der Waals surface area contributed by atoms with Crippen molar-refractivity contribution in [3.05, 3.63) is 24.8 Å². The van der Waals surface area contributed by atoms with Crippen LogP contribution in [0.15, 0.2) is 24.8 Å². The molecule has 1 atom stereocenters. The predicted octanol–water partition coefficient (Wildman–Crippen LogP) is 0.604.